The monoisotopic (exact) mass is 226 g/mol. The van der Waals surface area contributed by atoms with Crippen molar-refractivity contribution in [1.82, 2.24) is 9.69 Å². The molecule has 0 amide bonds. The number of rotatable bonds is 3. The molecule has 0 saturated carbocycles. The fraction of sp³-hybridized carbons (Fsp3) is 0.500. The Hall–Kier alpha value is -0.910. The van der Waals surface area contributed by atoms with E-state index >= 15 is 0 Å². The second-order valence-electron chi connectivity index (χ2n) is 3.55. The lowest BCUT2D eigenvalue weighted by atomic mass is 10.0. The molecule has 0 aliphatic carbocycles. The Balaban J connectivity index is 2.08. The predicted molar refractivity (Wildman–Crippen MR) is 59.3 cm³/mol. The van der Waals surface area contributed by atoms with Gasteiger partial charge < -0.3 is 15.2 Å². The molecule has 4 nitrogen and oxygen atoms in total. The van der Waals surface area contributed by atoms with Crippen LogP contribution in [-0.2, 0) is 6.42 Å². The molecule has 1 atom stereocenters. The average Bonchev–Trinajstić information content (AvgIpc) is 2.65. The van der Waals surface area contributed by atoms with E-state index in [4.69, 9.17) is 4.74 Å². The standard InChI is InChI=1S/C10H14N2O2S/c1-14-10-8(6-15-12-10)2-7-3-9(13)5-11-4-7/h3,6,9,11,13H,2,4-5H2,1H3. The molecule has 1 aliphatic rings. The highest BCUT2D eigenvalue weighted by Crippen LogP contribution is 2.22. The second-order valence-corrected chi connectivity index (χ2v) is 4.18. The SMILES string of the molecule is COc1nscc1CC1=CC(O)CNC1. The Morgan fingerprint density at radius 1 is 1.73 bits per heavy atom. The first-order chi connectivity index (χ1) is 7.29. The van der Waals surface area contributed by atoms with E-state index in [9.17, 15) is 5.11 Å². The van der Waals surface area contributed by atoms with Gasteiger partial charge in [-0.25, -0.2) is 0 Å². The number of aliphatic hydroxyl groups is 1. The molecule has 0 bridgehead atoms. The highest BCUT2D eigenvalue weighted by atomic mass is 32.1. The minimum atomic E-state index is -0.369. The molecular formula is C10H14N2O2S. The molecule has 0 spiro atoms. The van der Waals surface area contributed by atoms with Gasteiger partial charge in [0.1, 0.15) is 0 Å². The first-order valence-electron chi connectivity index (χ1n) is 4.85. The second kappa shape index (κ2) is 4.74. The summed E-state index contributed by atoms with van der Waals surface area (Å²) in [6, 6.07) is 0. The summed E-state index contributed by atoms with van der Waals surface area (Å²) in [4.78, 5) is 0. The molecule has 1 aromatic rings. The van der Waals surface area contributed by atoms with Crippen molar-refractivity contribution in [1.29, 1.82) is 0 Å². The van der Waals surface area contributed by atoms with Crippen molar-refractivity contribution in [3.8, 4) is 5.88 Å². The highest BCUT2D eigenvalue weighted by Gasteiger charge is 2.13. The van der Waals surface area contributed by atoms with E-state index in [0.717, 1.165) is 18.5 Å². The first-order valence-corrected chi connectivity index (χ1v) is 5.69. The number of hydrogen-bond acceptors (Lipinski definition) is 5. The van der Waals surface area contributed by atoms with Gasteiger partial charge in [0.15, 0.2) is 0 Å². The van der Waals surface area contributed by atoms with Crippen LogP contribution in [0.2, 0.25) is 0 Å². The van der Waals surface area contributed by atoms with Gasteiger partial charge in [-0.2, -0.15) is 4.37 Å². The Bertz CT molecular complexity index is 362. The van der Waals surface area contributed by atoms with Crippen LogP contribution in [0.1, 0.15) is 5.56 Å². The van der Waals surface area contributed by atoms with Crippen molar-refractivity contribution >= 4 is 11.5 Å². The van der Waals surface area contributed by atoms with Crippen molar-refractivity contribution in [2.75, 3.05) is 20.2 Å². The summed E-state index contributed by atoms with van der Waals surface area (Å²) in [5, 5.41) is 14.6. The van der Waals surface area contributed by atoms with Crippen LogP contribution >= 0.6 is 11.5 Å². The van der Waals surface area contributed by atoms with Crippen LogP contribution in [0, 0.1) is 0 Å². The van der Waals surface area contributed by atoms with Crippen LogP contribution in [0.3, 0.4) is 0 Å². The van der Waals surface area contributed by atoms with Crippen LogP contribution in [-0.4, -0.2) is 35.8 Å². The molecule has 0 radical (unpaired) electrons. The van der Waals surface area contributed by atoms with Crippen LogP contribution in [0.4, 0.5) is 0 Å². The van der Waals surface area contributed by atoms with Gasteiger partial charge in [0.05, 0.1) is 13.2 Å². The lowest BCUT2D eigenvalue weighted by Crippen LogP contribution is -2.32. The van der Waals surface area contributed by atoms with Gasteiger partial charge >= 0.3 is 0 Å². The number of aliphatic hydroxyl groups excluding tert-OH is 1. The van der Waals surface area contributed by atoms with Gasteiger partial charge in [0, 0.05) is 30.5 Å². The Morgan fingerprint density at radius 2 is 2.60 bits per heavy atom. The molecule has 2 rings (SSSR count). The molecule has 1 aliphatic heterocycles. The smallest absolute Gasteiger partial charge is 0.228 e. The summed E-state index contributed by atoms with van der Waals surface area (Å²) in [5.74, 6) is 0.695. The topological polar surface area (TPSA) is 54.4 Å². The number of methoxy groups -OCH3 is 1. The van der Waals surface area contributed by atoms with Crippen molar-refractivity contribution in [3.63, 3.8) is 0 Å². The van der Waals surface area contributed by atoms with Crippen molar-refractivity contribution in [2.45, 2.75) is 12.5 Å². The lowest BCUT2D eigenvalue weighted by Gasteiger charge is -2.18. The van der Waals surface area contributed by atoms with Gasteiger partial charge in [-0.15, -0.1) is 0 Å². The third kappa shape index (κ3) is 2.56. The fourth-order valence-corrected chi connectivity index (χ4v) is 2.32. The van der Waals surface area contributed by atoms with Crippen LogP contribution in [0.25, 0.3) is 0 Å². The number of hydrogen-bond donors (Lipinski definition) is 2. The van der Waals surface area contributed by atoms with Gasteiger partial charge in [0.25, 0.3) is 0 Å². The lowest BCUT2D eigenvalue weighted by molar-refractivity contribution is 0.212. The average molecular weight is 226 g/mol. The normalized spacial score (nSPS) is 21.2. The zero-order valence-corrected chi connectivity index (χ0v) is 9.38. The minimum Gasteiger partial charge on any atom is -0.480 e. The molecular weight excluding hydrogens is 212 g/mol. The van der Waals surface area contributed by atoms with E-state index in [2.05, 4.69) is 9.69 Å². The van der Waals surface area contributed by atoms with E-state index in [1.54, 1.807) is 7.11 Å². The highest BCUT2D eigenvalue weighted by molar-refractivity contribution is 7.03. The first kappa shape index (κ1) is 10.6. The number of ether oxygens (including phenoxy) is 1. The summed E-state index contributed by atoms with van der Waals surface area (Å²) in [5.41, 5.74) is 2.27. The number of nitrogens with zero attached hydrogens (tertiary/aromatic N) is 1. The molecule has 82 valence electrons. The Labute approximate surface area is 92.7 Å². The van der Waals surface area contributed by atoms with Crippen LogP contribution in [0.15, 0.2) is 17.0 Å². The zero-order valence-electron chi connectivity index (χ0n) is 8.56. The summed E-state index contributed by atoms with van der Waals surface area (Å²) < 4.78 is 9.27. The maximum absolute atomic E-state index is 9.45. The summed E-state index contributed by atoms with van der Waals surface area (Å²) >= 11 is 1.40. The van der Waals surface area contributed by atoms with Crippen molar-refractivity contribution in [2.24, 2.45) is 0 Å². The van der Waals surface area contributed by atoms with Gasteiger partial charge in [-0.1, -0.05) is 11.6 Å². The van der Waals surface area contributed by atoms with E-state index in [1.165, 1.54) is 17.1 Å². The molecule has 15 heavy (non-hydrogen) atoms. The molecule has 0 saturated heterocycles. The third-order valence-electron chi connectivity index (χ3n) is 2.35. The van der Waals surface area contributed by atoms with Crippen molar-refractivity contribution in [3.05, 3.63) is 22.6 Å². The minimum absolute atomic E-state index is 0.369. The van der Waals surface area contributed by atoms with Crippen molar-refractivity contribution < 1.29 is 9.84 Å². The number of aromatic nitrogens is 1. The van der Waals surface area contributed by atoms with E-state index in [1.807, 2.05) is 11.5 Å². The maximum atomic E-state index is 9.45. The van der Waals surface area contributed by atoms with E-state index in [-0.39, 0.29) is 6.10 Å². The molecule has 1 aromatic heterocycles. The summed E-state index contributed by atoms with van der Waals surface area (Å²) in [6.45, 7) is 1.47. The molecule has 5 heteroatoms. The Morgan fingerprint density at radius 3 is 3.33 bits per heavy atom. The van der Waals surface area contributed by atoms with Crippen LogP contribution < -0.4 is 10.1 Å². The third-order valence-corrected chi connectivity index (χ3v) is 3.01. The molecule has 0 aromatic carbocycles. The zero-order chi connectivity index (χ0) is 10.7. The number of β-amino-alcohol motifs (C(OH)–C–C–N with tert-alkyl or cyclic N) is 1. The van der Waals surface area contributed by atoms with E-state index < -0.39 is 0 Å². The largest absolute Gasteiger partial charge is 0.480 e. The molecule has 1 unspecified atom stereocenters. The van der Waals surface area contributed by atoms with E-state index in [0.29, 0.717) is 12.4 Å². The fourth-order valence-electron chi connectivity index (χ4n) is 1.67. The molecule has 2 N–H and O–H groups in total. The summed E-state index contributed by atoms with van der Waals surface area (Å²) in [7, 11) is 1.63. The van der Waals surface area contributed by atoms with Crippen LogP contribution in [0.5, 0.6) is 5.88 Å². The van der Waals surface area contributed by atoms with Gasteiger partial charge in [0.2, 0.25) is 5.88 Å². The summed E-state index contributed by atoms with van der Waals surface area (Å²) in [6.07, 6.45) is 2.34. The predicted octanol–water partition coefficient (Wildman–Crippen LogP) is 0.585. The molecule has 0 fully saturated rings. The number of nitrogens with one attached hydrogen (secondary N) is 1. The quantitative estimate of drug-likeness (QED) is 0.740. The Kier molecular flexibility index (Phi) is 3.35. The maximum Gasteiger partial charge on any atom is 0.228 e. The van der Waals surface area contributed by atoms with Gasteiger partial charge in [-0.3, -0.25) is 0 Å². The van der Waals surface area contributed by atoms with Gasteiger partial charge in [-0.05, 0) is 11.5 Å². The molecule has 2 heterocycles.